The van der Waals surface area contributed by atoms with Crippen molar-refractivity contribution in [2.75, 3.05) is 0 Å². The molecule has 0 saturated carbocycles. The third-order valence-electron chi connectivity index (χ3n) is 8.58. The molecular formula is C40H25F6N3. The first kappa shape index (κ1) is 31.7. The Morgan fingerprint density at radius 2 is 1.08 bits per heavy atom. The monoisotopic (exact) mass is 661 g/mol. The summed E-state index contributed by atoms with van der Waals surface area (Å²) < 4.78 is 84.7. The highest BCUT2D eigenvalue weighted by Crippen LogP contribution is 2.41. The summed E-state index contributed by atoms with van der Waals surface area (Å²) in [7, 11) is 0. The molecule has 0 unspecified atom stereocenters. The van der Waals surface area contributed by atoms with Gasteiger partial charge in [0, 0.05) is 28.1 Å². The second-order valence-electron chi connectivity index (χ2n) is 12.0. The summed E-state index contributed by atoms with van der Waals surface area (Å²) in [5, 5.41) is 10.7. The van der Waals surface area contributed by atoms with Gasteiger partial charge in [0.15, 0.2) is 0 Å². The molecule has 3 nitrogen and oxygen atoms in total. The van der Waals surface area contributed by atoms with Crippen molar-refractivity contribution in [2.45, 2.75) is 26.2 Å². The highest BCUT2D eigenvalue weighted by atomic mass is 19.4. The number of para-hydroxylation sites is 1. The lowest BCUT2D eigenvalue weighted by Gasteiger charge is -2.14. The van der Waals surface area contributed by atoms with Crippen LogP contribution in [0.15, 0.2) is 115 Å². The van der Waals surface area contributed by atoms with Crippen LogP contribution in [-0.2, 0) is 12.4 Å². The molecule has 0 amide bonds. The van der Waals surface area contributed by atoms with E-state index >= 15 is 0 Å². The smallest absolute Gasteiger partial charge is 0.309 e. The summed E-state index contributed by atoms with van der Waals surface area (Å²) in [5.41, 5.74) is 5.43. The molecule has 0 bridgehead atoms. The van der Waals surface area contributed by atoms with E-state index in [1.165, 1.54) is 0 Å². The number of halogens is 6. The zero-order chi connectivity index (χ0) is 34.7. The molecule has 49 heavy (non-hydrogen) atoms. The van der Waals surface area contributed by atoms with Gasteiger partial charge in [-0.1, -0.05) is 42.5 Å². The summed E-state index contributed by atoms with van der Waals surface area (Å²) in [5.74, 6) is 0. The van der Waals surface area contributed by atoms with Crippen LogP contribution in [0.25, 0.3) is 60.9 Å². The number of aryl methyl sites for hydroxylation is 2. The van der Waals surface area contributed by atoms with Crippen LogP contribution in [0.3, 0.4) is 0 Å². The molecule has 9 heteroatoms. The fourth-order valence-electron chi connectivity index (χ4n) is 6.40. The van der Waals surface area contributed by atoms with Crippen LogP contribution >= 0.6 is 0 Å². The fourth-order valence-corrected chi connectivity index (χ4v) is 6.40. The number of rotatable bonds is 4. The van der Waals surface area contributed by atoms with E-state index in [2.05, 4.69) is 4.98 Å². The van der Waals surface area contributed by atoms with Crippen molar-refractivity contribution >= 4 is 21.8 Å². The zero-order valence-corrected chi connectivity index (χ0v) is 26.1. The number of fused-ring (bicyclic) bond motifs is 3. The number of alkyl halides is 6. The van der Waals surface area contributed by atoms with Gasteiger partial charge >= 0.3 is 12.4 Å². The van der Waals surface area contributed by atoms with Crippen molar-refractivity contribution in [1.82, 2.24) is 9.55 Å². The number of benzene rings is 5. The molecule has 0 fully saturated rings. The summed E-state index contributed by atoms with van der Waals surface area (Å²) in [6.45, 7) is 3.23. The third-order valence-corrected chi connectivity index (χ3v) is 8.58. The van der Waals surface area contributed by atoms with Crippen molar-refractivity contribution in [3.63, 3.8) is 0 Å². The predicted molar refractivity (Wildman–Crippen MR) is 179 cm³/mol. The summed E-state index contributed by atoms with van der Waals surface area (Å²) >= 11 is 0. The number of hydrogen-bond acceptors (Lipinski definition) is 2. The van der Waals surface area contributed by atoms with Crippen LogP contribution in [0.1, 0.15) is 27.9 Å². The van der Waals surface area contributed by atoms with Crippen LogP contribution < -0.4 is 0 Å². The highest BCUT2D eigenvalue weighted by Gasteiger charge is 2.32. The van der Waals surface area contributed by atoms with Crippen molar-refractivity contribution in [2.24, 2.45) is 0 Å². The Balaban J connectivity index is 1.51. The number of hydrogen-bond donors (Lipinski definition) is 0. The fraction of sp³-hybridized carbons (Fsp3) is 0.100. The molecule has 2 aromatic heterocycles. The molecule has 0 saturated heterocycles. The molecule has 242 valence electrons. The topological polar surface area (TPSA) is 41.6 Å². The summed E-state index contributed by atoms with van der Waals surface area (Å²) in [6.07, 6.45) is -7.43. The van der Waals surface area contributed by atoms with E-state index < -0.39 is 23.5 Å². The lowest BCUT2D eigenvalue weighted by atomic mass is 9.96. The van der Waals surface area contributed by atoms with E-state index in [1.54, 1.807) is 56.4 Å². The molecule has 0 spiro atoms. The molecule has 7 rings (SSSR count). The normalized spacial score (nSPS) is 12.1. The van der Waals surface area contributed by atoms with Crippen LogP contribution in [0, 0.1) is 25.2 Å². The quantitative estimate of drug-likeness (QED) is 0.176. The van der Waals surface area contributed by atoms with Gasteiger partial charge in [-0.2, -0.15) is 31.6 Å². The number of nitrogens with zero attached hydrogens (tertiary/aromatic N) is 3. The lowest BCUT2D eigenvalue weighted by molar-refractivity contribution is -0.138. The van der Waals surface area contributed by atoms with E-state index in [0.29, 0.717) is 44.2 Å². The molecule has 0 atom stereocenters. The van der Waals surface area contributed by atoms with Crippen molar-refractivity contribution in [1.29, 1.82) is 5.26 Å². The van der Waals surface area contributed by atoms with Gasteiger partial charge in [0.25, 0.3) is 0 Å². The second-order valence-corrected chi connectivity index (χ2v) is 12.0. The Labute approximate surface area is 277 Å². The highest BCUT2D eigenvalue weighted by molar-refractivity contribution is 6.12. The third kappa shape index (κ3) is 5.91. The minimum Gasteiger partial charge on any atom is -0.309 e. The van der Waals surface area contributed by atoms with E-state index in [9.17, 15) is 31.6 Å². The van der Waals surface area contributed by atoms with E-state index in [-0.39, 0.29) is 5.69 Å². The minimum atomic E-state index is -4.52. The van der Waals surface area contributed by atoms with Gasteiger partial charge in [0.1, 0.15) is 11.8 Å². The summed E-state index contributed by atoms with van der Waals surface area (Å²) in [6, 6.07) is 31.8. The van der Waals surface area contributed by atoms with Crippen LogP contribution in [0.5, 0.6) is 0 Å². The average molecular weight is 662 g/mol. The van der Waals surface area contributed by atoms with Gasteiger partial charge in [0.05, 0.1) is 27.8 Å². The van der Waals surface area contributed by atoms with Gasteiger partial charge in [-0.05, 0) is 114 Å². The number of aromatic nitrogens is 2. The van der Waals surface area contributed by atoms with Crippen LogP contribution in [0.2, 0.25) is 0 Å². The second kappa shape index (κ2) is 11.7. The Kier molecular flexibility index (Phi) is 7.55. The molecular weight excluding hydrogens is 636 g/mol. The van der Waals surface area contributed by atoms with Crippen molar-refractivity contribution in [3.8, 4) is 45.1 Å². The lowest BCUT2D eigenvalue weighted by Crippen LogP contribution is -2.05. The maximum absolute atomic E-state index is 13.8. The largest absolute Gasteiger partial charge is 0.416 e. The van der Waals surface area contributed by atoms with Gasteiger partial charge < -0.3 is 4.57 Å². The SMILES string of the molecule is Cc1cc(-c2ccc3c(c2)c2cc(-c4cc(C)cc(C(F)(F)F)c4)ccc2n3-c2ccccc2-c2ccc(C#N)nc2)cc(C(F)(F)F)c1. The Morgan fingerprint density at radius 3 is 1.55 bits per heavy atom. The predicted octanol–water partition coefficient (Wildman–Crippen LogP) is 11.7. The van der Waals surface area contributed by atoms with Gasteiger partial charge in [-0.15, -0.1) is 0 Å². The maximum atomic E-state index is 13.8. The van der Waals surface area contributed by atoms with Gasteiger partial charge in [0.2, 0.25) is 0 Å². The first-order valence-corrected chi connectivity index (χ1v) is 15.2. The molecule has 0 aliphatic carbocycles. The van der Waals surface area contributed by atoms with E-state index in [1.807, 2.05) is 59.2 Å². The molecule has 5 aromatic carbocycles. The molecule has 0 aliphatic heterocycles. The maximum Gasteiger partial charge on any atom is 0.416 e. The molecule has 2 heterocycles. The first-order chi connectivity index (χ1) is 23.3. The Morgan fingerprint density at radius 1 is 0.571 bits per heavy atom. The van der Waals surface area contributed by atoms with Crippen LogP contribution in [-0.4, -0.2) is 9.55 Å². The summed E-state index contributed by atoms with van der Waals surface area (Å²) in [4.78, 5) is 4.24. The standard InChI is InChI=1S/C40H25F6N3/c1-23-13-28(17-30(15-23)39(41,42)43)25-8-11-37-34(19-25)35-20-26(29-14-24(2)16-31(18-29)40(44,45)46)9-12-38(35)49(37)36-6-4-3-5-33(36)27-7-10-32(21-47)48-22-27/h3-20,22H,1-2H3. The number of nitriles is 1. The van der Waals surface area contributed by atoms with Gasteiger partial charge in [-0.3, -0.25) is 0 Å². The molecule has 0 radical (unpaired) electrons. The molecule has 7 aromatic rings. The minimum absolute atomic E-state index is 0.271. The van der Waals surface area contributed by atoms with E-state index in [4.69, 9.17) is 0 Å². The number of pyridine rings is 1. The van der Waals surface area contributed by atoms with Crippen molar-refractivity contribution in [3.05, 3.63) is 143 Å². The Bertz CT molecular complexity index is 2330. The Hall–Kier alpha value is -5.88. The van der Waals surface area contributed by atoms with E-state index in [0.717, 1.165) is 52.1 Å². The van der Waals surface area contributed by atoms with Crippen molar-refractivity contribution < 1.29 is 26.3 Å². The molecule has 0 aliphatic rings. The zero-order valence-electron chi connectivity index (χ0n) is 26.1. The first-order valence-electron chi connectivity index (χ1n) is 15.2. The van der Waals surface area contributed by atoms with Gasteiger partial charge in [-0.25, -0.2) is 4.98 Å². The average Bonchev–Trinajstić information content (AvgIpc) is 3.40. The molecule has 0 N–H and O–H groups in total. The van der Waals surface area contributed by atoms with Crippen LogP contribution in [0.4, 0.5) is 26.3 Å².